The zero-order valence-electron chi connectivity index (χ0n) is 11.4. The summed E-state index contributed by atoms with van der Waals surface area (Å²) >= 11 is 6.16. The van der Waals surface area contributed by atoms with Gasteiger partial charge in [-0.15, -0.1) is 0 Å². The molecule has 0 aliphatic rings. The van der Waals surface area contributed by atoms with Gasteiger partial charge in [0.2, 0.25) is 0 Å². The second-order valence-corrected chi connectivity index (χ2v) is 5.34. The highest BCUT2D eigenvalue weighted by Crippen LogP contribution is 2.28. The van der Waals surface area contributed by atoms with Gasteiger partial charge in [0.05, 0.1) is 0 Å². The molecule has 3 heteroatoms. The zero-order chi connectivity index (χ0) is 15.0. The largest absolute Gasteiger partial charge is 0.289 e. The average Bonchev–Trinajstić information content (AvgIpc) is 2.50. The van der Waals surface area contributed by atoms with Gasteiger partial charge in [-0.05, 0) is 48.2 Å². The third kappa shape index (κ3) is 2.43. The van der Waals surface area contributed by atoms with Crippen molar-refractivity contribution in [3.8, 4) is 0 Å². The van der Waals surface area contributed by atoms with Gasteiger partial charge < -0.3 is 0 Å². The summed E-state index contributed by atoms with van der Waals surface area (Å²) in [5.74, 6) is -0.446. The molecule has 21 heavy (non-hydrogen) atoms. The Kier molecular flexibility index (Phi) is 3.48. The number of ketones is 1. The Bertz CT molecular complexity index is 855. The standard InChI is InChI=1S/C18H12ClFO/c1-11-10-12(6-9-17(11)20)18(21)15-7-8-16(19)14-5-3-2-4-13(14)15/h2-10H,1H3. The van der Waals surface area contributed by atoms with E-state index in [1.807, 2.05) is 24.3 Å². The normalized spacial score (nSPS) is 10.8. The number of hydrogen-bond acceptors (Lipinski definition) is 1. The van der Waals surface area contributed by atoms with Gasteiger partial charge in [-0.3, -0.25) is 4.79 Å². The van der Waals surface area contributed by atoms with Gasteiger partial charge in [-0.1, -0.05) is 35.9 Å². The molecule has 1 nitrogen and oxygen atoms in total. The summed E-state index contributed by atoms with van der Waals surface area (Å²) in [6.07, 6.45) is 0. The SMILES string of the molecule is Cc1cc(C(=O)c2ccc(Cl)c3ccccc23)ccc1F. The second-order valence-electron chi connectivity index (χ2n) is 4.93. The Morgan fingerprint density at radius 3 is 2.43 bits per heavy atom. The van der Waals surface area contributed by atoms with E-state index in [0.29, 0.717) is 21.7 Å². The maximum atomic E-state index is 13.3. The average molecular weight is 299 g/mol. The molecule has 0 aromatic heterocycles. The van der Waals surface area contributed by atoms with Crippen molar-refractivity contribution in [2.45, 2.75) is 6.92 Å². The molecule has 0 fully saturated rings. The Balaban J connectivity index is 2.18. The predicted molar refractivity (Wildman–Crippen MR) is 83.5 cm³/mol. The molecule has 0 heterocycles. The lowest BCUT2D eigenvalue weighted by molar-refractivity contribution is 0.104. The molecule has 0 saturated carbocycles. The van der Waals surface area contributed by atoms with Crippen molar-refractivity contribution in [2.75, 3.05) is 0 Å². The van der Waals surface area contributed by atoms with E-state index in [2.05, 4.69) is 0 Å². The lowest BCUT2D eigenvalue weighted by Gasteiger charge is -2.08. The first kappa shape index (κ1) is 13.8. The Hall–Kier alpha value is -2.19. The summed E-state index contributed by atoms with van der Waals surface area (Å²) in [6.45, 7) is 1.64. The Labute approximate surface area is 127 Å². The first-order valence-corrected chi connectivity index (χ1v) is 6.94. The fraction of sp³-hybridized carbons (Fsp3) is 0.0556. The Morgan fingerprint density at radius 1 is 1.00 bits per heavy atom. The maximum Gasteiger partial charge on any atom is 0.193 e. The van der Waals surface area contributed by atoms with E-state index >= 15 is 0 Å². The predicted octanol–water partition coefficient (Wildman–Crippen LogP) is 5.17. The molecule has 0 atom stereocenters. The van der Waals surface area contributed by atoms with Gasteiger partial charge in [-0.2, -0.15) is 0 Å². The number of fused-ring (bicyclic) bond motifs is 1. The van der Waals surface area contributed by atoms with Gasteiger partial charge in [0.25, 0.3) is 0 Å². The molecule has 3 aromatic carbocycles. The van der Waals surface area contributed by atoms with Crippen LogP contribution < -0.4 is 0 Å². The molecular formula is C18H12ClFO. The zero-order valence-corrected chi connectivity index (χ0v) is 12.1. The minimum Gasteiger partial charge on any atom is -0.289 e. The number of aryl methyl sites for hydroxylation is 1. The lowest BCUT2D eigenvalue weighted by Crippen LogP contribution is -2.03. The van der Waals surface area contributed by atoms with Gasteiger partial charge in [0, 0.05) is 21.5 Å². The highest BCUT2D eigenvalue weighted by atomic mass is 35.5. The molecule has 0 spiro atoms. The quantitative estimate of drug-likeness (QED) is 0.596. The topological polar surface area (TPSA) is 17.1 Å². The van der Waals surface area contributed by atoms with E-state index < -0.39 is 0 Å². The van der Waals surface area contributed by atoms with Crippen LogP contribution in [0.5, 0.6) is 0 Å². The molecule has 3 aromatic rings. The number of hydrogen-bond donors (Lipinski definition) is 0. The molecule has 0 aliphatic heterocycles. The van der Waals surface area contributed by atoms with Crippen LogP contribution in [0.1, 0.15) is 21.5 Å². The maximum absolute atomic E-state index is 13.3. The van der Waals surface area contributed by atoms with Crippen molar-refractivity contribution in [3.05, 3.63) is 82.1 Å². The van der Waals surface area contributed by atoms with Crippen LogP contribution in [0.2, 0.25) is 5.02 Å². The third-order valence-corrected chi connectivity index (χ3v) is 3.87. The molecular weight excluding hydrogens is 287 g/mol. The smallest absolute Gasteiger partial charge is 0.193 e. The van der Waals surface area contributed by atoms with Crippen LogP contribution in [0, 0.1) is 12.7 Å². The van der Waals surface area contributed by atoms with Crippen molar-refractivity contribution in [1.82, 2.24) is 0 Å². The molecule has 3 rings (SSSR count). The summed E-state index contributed by atoms with van der Waals surface area (Å²) in [5, 5.41) is 2.25. The summed E-state index contributed by atoms with van der Waals surface area (Å²) in [6, 6.07) is 15.3. The van der Waals surface area contributed by atoms with E-state index in [1.165, 1.54) is 12.1 Å². The van der Waals surface area contributed by atoms with Crippen molar-refractivity contribution >= 4 is 28.2 Å². The summed E-state index contributed by atoms with van der Waals surface area (Å²) in [7, 11) is 0. The van der Waals surface area contributed by atoms with Crippen LogP contribution >= 0.6 is 11.6 Å². The number of carbonyl (C=O) groups excluding carboxylic acids is 1. The van der Waals surface area contributed by atoms with Crippen molar-refractivity contribution in [3.63, 3.8) is 0 Å². The number of rotatable bonds is 2. The number of halogens is 2. The van der Waals surface area contributed by atoms with E-state index in [1.54, 1.807) is 25.1 Å². The highest BCUT2D eigenvalue weighted by molar-refractivity contribution is 6.36. The lowest BCUT2D eigenvalue weighted by atomic mass is 9.96. The van der Waals surface area contributed by atoms with Crippen molar-refractivity contribution in [1.29, 1.82) is 0 Å². The van der Waals surface area contributed by atoms with Crippen molar-refractivity contribution in [2.24, 2.45) is 0 Å². The van der Waals surface area contributed by atoms with E-state index in [-0.39, 0.29) is 11.6 Å². The van der Waals surface area contributed by atoms with Gasteiger partial charge in [0.15, 0.2) is 5.78 Å². The molecule has 0 aliphatic carbocycles. The van der Waals surface area contributed by atoms with Gasteiger partial charge in [-0.25, -0.2) is 4.39 Å². The summed E-state index contributed by atoms with van der Waals surface area (Å²) in [5.41, 5.74) is 1.50. The van der Waals surface area contributed by atoms with Crippen LogP contribution in [0.3, 0.4) is 0 Å². The van der Waals surface area contributed by atoms with Crippen LogP contribution in [0.4, 0.5) is 4.39 Å². The van der Waals surface area contributed by atoms with E-state index in [0.717, 1.165) is 10.8 Å². The number of carbonyl (C=O) groups is 1. The molecule has 0 amide bonds. The molecule has 0 saturated heterocycles. The molecule has 0 N–H and O–H groups in total. The first-order valence-electron chi connectivity index (χ1n) is 6.56. The van der Waals surface area contributed by atoms with Crippen molar-refractivity contribution < 1.29 is 9.18 Å². The minimum atomic E-state index is -0.312. The fourth-order valence-electron chi connectivity index (χ4n) is 2.40. The molecule has 0 radical (unpaired) electrons. The summed E-state index contributed by atoms with van der Waals surface area (Å²) in [4.78, 5) is 12.7. The Morgan fingerprint density at radius 2 is 1.71 bits per heavy atom. The van der Waals surface area contributed by atoms with Crippen LogP contribution in [0.15, 0.2) is 54.6 Å². The summed E-state index contributed by atoms with van der Waals surface area (Å²) < 4.78 is 13.3. The van der Waals surface area contributed by atoms with E-state index in [9.17, 15) is 9.18 Å². The van der Waals surface area contributed by atoms with Crippen LogP contribution in [-0.2, 0) is 0 Å². The minimum absolute atomic E-state index is 0.133. The molecule has 104 valence electrons. The number of benzene rings is 3. The third-order valence-electron chi connectivity index (χ3n) is 3.54. The molecule has 0 unspecified atom stereocenters. The second kappa shape index (κ2) is 5.30. The van der Waals surface area contributed by atoms with Crippen LogP contribution in [-0.4, -0.2) is 5.78 Å². The van der Waals surface area contributed by atoms with Crippen LogP contribution in [0.25, 0.3) is 10.8 Å². The van der Waals surface area contributed by atoms with Gasteiger partial charge >= 0.3 is 0 Å². The highest BCUT2D eigenvalue weighted by Gasteiger charge is 2.14. The van der Waals surface area contributed by atoms with E-state index in [4.69, 9.17) is 11.6 Å². The monoisotopic (exact) mass is 298 g/mol. The van der Waals surface area contributed by atoms with Gasteiger partial charge in [0.1, 0.15) is 5.82 Å². The fourth-order valence-corrected chi connectivity index (χ4v) is 2.63. The molecule has 0 bridgehead atoms. The first-order chi connectivity index (χ1) is 10.1.